The zero-order valence-corrected chi connectivity index (χ0v) is 20.4. The number of carboxylic acids is 1. The van der Waals surface area contributed by atoms with E-state index < -0.39 is 27.6 Å². The van der Waals surface area contributed by atoms with Gasteiger partial charge in [-0.25, -0.2) is 8.42 Å². The Morgan fingerprint density at radius 1 is 1.06 bits per heavy atom. The van der Waals surface area contributed by atoms with Crippen LogP contribution in [0.1, 0.15) is 11.1 Å². The third-order valence-corrected chi connectivity index (χ3v) is 7.22. The van der Waals surface area contributed by atoms with E-state index in [2.05, 4.69) is 4.98 Å². The van der Waals surface area contributed by atoms with Crippen molar-refractivity contribution in [3.8, 4) is 5.75 Å². The van der Waals surface area contributed by atoms with Gasteiger partial charge in [0.05, 0.1) is 18.0 Å². The summed E-state index contributed by atoms with van der Waals surface area (Å²) in [6, 6.07) is 18.1. The summed E-state index contributed by atoms with van der Waals surface area (Å²) in [5.41, 5.74) is 6.20. The van der Waals surface area contributed by atoms with Crippen LogP contribution in [0, 0.1) is 0 Å². The van der Waals surface area contributed by atoms with Crippen molar-refractivity contribution in [1.82, 2.24) is 9.29 Å². The number of carboxylic acid groups (broad SMARTS) is 1. The Hall–Kier alpha value is -2.69. The predicted molar refractivity (Wildman–Crippen MR) is 132 cm³/mol. The Bertz CT molecular complexity index is 1210. The number of sulfonamides is 1. The molecule has 8 nitrogen and oxygen atoms in total. The van der Waals surface area contributed by atoms with Crippen LogP contribution >= 0.6 is 24.8 Å². The first-order valence-corrected chi connectivity index (χ1v) is 11.5. The number of nitrogens with zero attached hydrogens (tertiary/aromatic N) is 2. The Morgan fingerprint density at radius 2 is 1.71 bits per heavy atom. The summed E-state index contributed by atoms with van der Waals surface area (Å²) in [4.78, 5) is 15.1. The van der Waals surface area contributed by atoms with E-state index in [0.717, 1.165) is 5.56 Å². The second kappa shape index (κ2) is 11.2. The summed E-state index contributed by atoms with van der Waals surface area (Å²) < 4.78 is 34.2. The fourth-order valence-electron chi connectivity index (χ4n) is 3.70. The Labute approximate surface area is 210 Å². The number of benzene rings is 2. The Balaban J connectivity index is 0.00000204. The first kappa shape index (κ1) is 27.6. The highest BCUT2D eigenvalue weighted by Gasteiger charge is 2.52. The van der Waals surface area contributed by atoms with Crippen molar-refractivity contribution >= 4 is 40.8 Å². The largest absolute Gasteiger partial charge is 0.480 e. The van der Waals surface area contributed by atoms with E-state index in [9.17, 15) is 13.2 Å². The van der Waals surface area contributed by atoms with Crippen molar-refractivity contribution in [2.24, 2.45) is 5.73 Å². The van der Waals surface area contributed by atoms with Gasteiger partial charge in [0.2, 0.25) is 10.0 Å². The van der Waals surface area contributed by atoms with Gasteiger partial charge < -0.3 is 15.6 Å². The monoisotopic (exact) mass is 525 g/mol. The van der Waals surface area contributed by atoms with Crippen molar-refractivity contribution < 1.29 is 23.1 Å². The average molecular weight is 526 g/mol. The van der Waals surface area contributed by atoms with Crippen LogP contribution < -0.4 is 10.5 Å². The number of hydrogen-bond acceptors (Lipinski definition) is 6. The molecule has 3 aromatic rings. The van der Waals surface area contributed by atoms with Crippen LogP contribution in [0.25, 0.3) is 0 Å². The molecule has 11 heteroatoms. The highest BCUT2D eigenvalue weighted by molar-refractivity contribution is 7.89. The molecule has 1 unspecified atom stereocenters. The molecule has 0 radical (unpaired) electrons. The number of nitrogens with two attached hydrogens (primary N) is 1. The van der Waals surface area contributed by atoms with Crippen LogP contribution in [0.15, 0.2) is 84.0 Å². The van der Waals surface area contributed by atoms with Crippen LogP contribution in [-0.4, -0.2) is 47.9 Å². The molecular formula is C23H25Cl2N3O5S. The fourth-order valence-corrected chi connectivity index (χ4v) is 5.30. The van der Waals surface area contributed by atoms with Gasteiger partial charge in [-0.05, 0) is 41.8 Å². The Morgan fingerprint density at radius 3 is 2.32 bits per heavy atom. The number of aliphatic carboxylic acids is 1. The minimum absolute atomic E-state index is 0. The van der Waals surface area contributed by atoms with Crippen molar-refractivity contribution in [3.05, 3.63) is 90.3 Å². The SMILES string of the molecule is Cl.Cl.NC(Cc1cccc(S(=O)(=O)N2CC(Oc3ccncc3)(c3ccccc3)C2)c1)C(=O)O. The first-order chi connectivity index (χ1) is 15.3. The first-order valence-electron chi connectivity index (χ1n) is 10.0. The van der Waals surface area contributed by atoms with E-state index in [-0.39, 0.29) is 49.2 Å². The number of hydrogen-bond donors (Lipinski definition) is 2. The Kier molecular flexibility index (Phi) is 9.04. The minimum atomic E-state index is -3.80. The molecule has 0 aliphatic carbocycles. The number of rotatable bonds is 8. The van der Waals surface area contributed by atoms with Gasteiger partial charge in [0.25, 0.3) is 0 Å². The molecule has 1 fully saturated rings. The zero-order valence-electron chi connectivity index (χ0n) is 18.0. The lowest BCUT2D eigenvalue weighted by Crippen LogP contribution is -2.64. The van der Waals surface area contributed by atoms with Crippen LogP contribution in [0.2, 0.25) is 0 Å². The molecule has 182 valence electrons. The summed E-state index contributed by atoms with van der Waals surface area (Å²) in [5.74, 6) is -0.535. The molecule has 1 saturated heterocycles. The zero-order chi connectivity index (χ0) is 22.8. The normalized spacial score (nSPS) is 15.7. The van der Waals surface area contributed by atoms with Crippen molar-refractivity contribution in [3.63, 3.8) is 0 Å². The molecular weight excluding hydrogens is 501 g/mol. The lowest BCUT2D eigenvalue weighted by Gasteiger charge is -2.48. The summed E-state index contributed by atoms with van der Waals surface area (Å²) in [6.45, 7) is 0.279. The second-order valence-electron chi connectivity index (χ2n) is 7.71. The molecule has 4 rings (SSSR count). The van der Waals surface area contributed by atoms with Gasteiger partial charge in [0.15, 0.2) is 5.60 Å². The van der Waals surface area contributed by atoms with Gasteiger partial charge in [-0.15, -0.1) is 24.8 Å². The average Bonchev–Trinajstić information content (AvgIpc) is 2.77. The van der Waals surface area contributed by atoms with Gasteiger partial charge in [-0.3, -0.25) is 9.78 Å². The fraction of sp³-hybridized carbons (Fsp3) is 0.217. The highest BCUT2D eigenvalue weighted by atomic mass is 35.5. The predicted octanol–water partition coefficient (Wildman–Crippen LogP) is 2.86. The molecule has 1 aliphatic rings. The molecule has 0 amide bonds. The molecule has 34 heavy (non-hydrogen) atoms. The quantitative estimate of drug-likeness (QED) is 0.463. The molecule has 1 aliphatic heterocycles. The molecule has 3 N–H and O–H groups in total. The van der Waals surface area contributed by atoms with Gasteiger partial charge >= 0.3 is 5.97 Å². The van der Waals surface area contributed by atoms with Crippen molar-refractivity contribution in [1.29, 1.82) is 0 Å². The molecule has 1 atom stereocenters. The summed E-state index contributed by atoms with van der Waals surface area (Å²) in [5, 5.41) is 9.03. The number of halogens is 2. The van der Waals surface area contributed by atoms with Gasteiger partial charge in [-0.1, -0.05) is 42.5 Å². The minimum Gasteiger partial charge on any atom is -0.480 e. The summed E-state index contributed by atoms with van der Waals surface area (Å²) in [6.07, 6.45) is 3.28. The van der Waals surface area contributed by atoms with Crippen LogP contribution in [0.5, 0.6) is 5.75 Å². The maximum Gasteiger partial charge on any atom is 0.320 e. The van der Waals surface area contributed by atoms with Crippen molar-refractivity contribution in [2.45, 2.75) is 23.0 Å². The van der Waals surface area contributed by atoms with Gasteiger partial charge in [0, 0.05) is 12.4 Å². The van der Waals surface area contributed by atoms with Crippen molar-refractivity contribution in [2.75, 3.05) is 13.1 Å². The summed E-state index contributed by atoms with van der Waals surface area (Å²) in [7, 11) is -3.80. The smallest absolute Gasteiger partial charge is 0.320 e. The number of ether oxygens (including phenoxy) is 1. The third kappa shape index (κ3) is 5.68. The van der Waals surface area contributed by atoms with E-state index in [1.54, 1.807) is 36.7 Å². The summed E-state index contributed by atoms with van der Waals surface area (Å²) >= 11 is 0. The molecule has 2 aromatic carbocycles. The highest BCUT2D eigenvalue weighted by Crippen LogP contribution is 2.39. The van der Waals surface area contributed by atoms with E-state index in [1.165, 1.54) is 16.4 Å². The topological polar surface area (TPSA) is 123 Å². The van der Waals surface area contributed by atoms with E-state index in [0.29, 0.717) is 11.3 Å². The number of pyridine rings is 1. The molecule has 0 bridgehead atoms. The maximum atomic E-state index is 13.3. The lowest BCUT2D eigenvalue weighted by atomic mass is 9.87. The van der Waals surface area contributed by atoms with Crippen LogP contribution in [0.3, 0.4) is 0 Å². The third-order valence-electron chi connectivity index (χ3n) is 5.44. The van der Waals surface area contributed by atoms with Crippen LogP contribution in [0.4, 0.5) is 0 Å². The van der Waals surface area contributed by atoms with Gasteiger partial charge in [-0.2, -0.15) is 4.31 Å². The molecule has 1 aromatic heterocycles. The number of aromatic nitrogens is 1. The van der Waals surface area contributed by atoms with E-state index >= 15 is 0 Å². The molecule has 2 heterocycles. The van der Waals surface area contributed by atoms with Crippen LogP contribution in [-0.2, 0) is 26.8 Å². The van der Waals surface area contributed by atoms with E-state index in [4.69, 9.17) is 15.6 Å². The maximum absolute atomic E-state index is 13.3. The second-order valence-corrected chi connectivity index (χ2v) is 9.65. The molecule has 0 saturated carbocycles. The van der Waals surface area contributed by atoms with E-state index in [1.807, 2.05) is 30.3 Å². The standard InChI is InChI=1S/C23H23N3O5S.2ClH/c24-21(22(27)28)14-17-5-4-8-20(13-17)32(29,30)26-15-23(16-26,18-6-2-1-3-7-18)31-19-9-11-25-12-10-19;;/h1-13,21H,14-16,24H2,(H,27,28);2*1H. The lowest BCUT2D eigenvalue weighted by molar-refractivity contribution is -0.138. The number of carbonyl (C=O) groups is 1. The van der Waals surface area contributed by atoms with Gasteiger partial charge in [0.1, 0.15) is 11.8 Å². The molecule has 0 spiro atoms.